The first-order valence-electron chi connectivity index (χ1n) is 8.82. The molecule has 0 atom stereocenters. The minimum atomic E-state index is 0.617. The minimum Gasteiger partial charge on any atom is -0.383 e. The Labute approximate surface area is 154 Å². The van der Waals surface area contributed by atoms with Crippen LogP contribution < -0.4 is 10.6 Å². The molecule has 3 rings (SSSR count). The first-order chi connectivity index (χ1) is 12.8. The number of rotatable bonds is 8. The van der Waals surface area contributed by atoms with Crippen molar-refractivity contribution in [2.75, 3.05) is 30.9 Å². The number of benzene rings is 2. The second-order valence-corrected chi connectivity index (χ2v) is 5.88. The second kappa shape index (κ2) is 8.97. The van der Waals surface area contributed by atoms with Crippen LogP contribution in [0.4, 0.5) is 17.3 Å². The number of methoxy groups -OCH3 is 1. The van der Waals surface area contributed by atoms with Crippen LogP contribution in [0.25, 0.3) is 11.4 Å². The number of para-hydroxylation sites is 1. The van der Waals surface area contributed by atoms with Crippen molar-refractivity contribution in [1.29, 1.82) is 0 Å². The third-order valence-electron chi connectivity index (χ3n) is 4.03. The van der Waals surface area contributed by atoms with Crippen molar-refractivity contribution in [2.45, 2.75) is 13.3 Å². The number of hydrogen-bond acceptors (Lipinski definition) is 5. The van der Waals surface area contributed by atoms with E-state index in [4.69, 9.17) is 9.72 Å². The van der Waals surface area contributed by atoms with Crippen molar-refractivity contribution in [3.05, 3.63) is 66.2 Å². The fourth-order valence-electron chi connectivity index (χ4n) is 2.69. The Morgan fingerprint density at radius 2 is 1.65 bits per heavy atom. The molecule has 0 saturated heterocycles. The summed E-state index contributed by atoms with van der Waals surface area (Å²) >= 11 is 0. The molecule has 1 aromatic heterocycles. The molecule has 0 bridgehead atoms. The third-order valence-corrected chi connectivity index (χ3v) is 4.03. The Balaban J connectivity index is 1.93. The quantitative estimate of drug-likeness (QED) is 0.587. The number of aromatic nitrogens is 2. The third kappa shape index (κ3) is 4.58. The van der Waals surface area contributed by atoms with Gasteiger partial charge in [-0.2, -0.15) is 0 Å². The molecule has 5 nitrogen and oxygen atoms in total. The molecular weight excluding hydrogens is 324 g/mol. The summed E-state index contributed by atoms with van der Waals surface area (Å²) in [7, 11) is 1.69. The molecule has 0 amide bonds. The standard InChI is InChI=1S/C21H24N4O/c1-3-16-9-7-8-12-18(16)23-20-15-19(22-13-14-26-2)24-21(25-20)17-10-5-4-6-11-17/h4-12,15H,3,13-14H2,1-2H3,(H2,22,23,24,25). The lowest BCUT2D eigenvalue weighted by Gasteiger charge is -2.13. The van der Waals surface area contributed by atoms with E-state index >= 15 is 0 Å². The average molecular weight is 348 g/mol. The first kappa shape index (κ1) is 17.9. The highest BCUT2D eigenvalue weighted by Gasteiger charge is 2.08. The van der Waals surface area contributed by atoms with E-state index < -0.39 is 0 Å². The number of nitrogens with one attached hydrogen (secondary N) is 2. The normalized spacial score (nSPS) is 10.5. The molecule has 0 aliphatic heterocycles. The van der Waals surface area contributed by atoms with E-state index in [1.807, 2.05) is 42.5 Å². The summed E-state index contributed by atoms with van der Waals surface area (Å²) in [6.45, 7) is 3.45. The van der Waals surface area contributed by atoms with Crippen LogP contribution in [0.3, 0.4) is 0 Å². The van der Waals surface area contributed by atoms with Gasteiger partial charge < -0.3 is 15.4 Å². The highest BCUT2D eigenvalue weighted by Crippen LogP contribution is 2.24. The van der Waals surface area contributed by atoms with Crippen molar-refractivity contribution in [2.24, 2.45) is 0 Å². The highest BCUT2D eigenvalue weighted by atomic mass is 16.5. The lowest BCUT2D eigenvalue weighted by Crippen LogP contribution is -2.10. The molecule has 0 saturated carbocycles. The van der Waals surface area contributed by atoms with E-state index in [1.54, 1.807) is 7.11 Å². The summed E-state index contributed by atoms with van der Waals surface area (Å²) in [5.74, 6) is 2.22. The van der Waals surface area contributed by atoms with Crippen molar-refractivity contribution in [1.82, 2.24) is 9.97 Å². The largest absolute Gasteiger partial charge is 0.383 e. The Kier molecular flexibility index (Phi) is 6.17. The van der Waals surface area contributed by atoms with E-state index in [0.29, 0.717) is 19.0 Å². The summed E-state index contributed by atoms with van der Waals surface area (Å²) in [5.41, 5.74) is 3.30. The molecule has 134 valence electrons. The number of ether oxygens (including phenoxy) is 1. The van der Waals surface area contributed by atoms with E-state index in [9.17, 15) is 0 Å². The monoisotopic (exact) mass is 348 g/mol. The van der Waals surface area contributed by atoms with Gasteiger partial charge in [0.25, 0.3) is 0 Å². The van der Waals surface area contributed by atoms with E-state index in [0.717, 1.165) is 29.3 Å². The molecule has 0 fully saturated rings. The Morgan fingerprint density at radius 1 is 0.923 bits per heavy atom. The van der Waals surface area contributed by atoms with Gasteiger partial charge in [-0.3, -0.25) is 0 Å². The predicted molar refractivity (Wildman–Crippen MR) is 107 cm³/mol. The Morgan fingerprint density at radius 3 is 2.42 bits per heavy atom. The van der Waals surface area contributed by atoms with Gasteiger partial charge in [-0.25, -0.2) is 9.97 Å². The van der Waals surface area contributed by atoms with Gasteiger partial charge in [0.05, 0.1) is 6.61 Å². The van der Waals surface area contributed by atoms with Crippen LogP contribution in [-0.2, 0) is 11.2 Å². The first-order valence-corrected chi connectivity index (χ1v) is 8.82. The molecule has 0 aliphatic carbocycles. The van der Waals surface area contributed by atoms with Gasteiger partial charge in [0.1, 0.15) is 11.6 Å². The number of nitrogens with zero attached hydrogens (tertiary/aromatic N) is 2. The minimum absolute atomic E-state index is 0.617. The van der Waals surface area contributed by atoms with Crippen LogP contribution in [0.1, 0.15) is 12.5 Å². The molecule has 2 aromatic carbocycles. The van der Waals surface area contributed by atoms with Gasteiger partial charge in [0.2, 0.25) is 0 Å². The smallest absolute Gasteiger partial charge is 0.163 e. The van der Waals surface area contributed by atoms with Gasteiger partial charge in [0, 0.05) is 31.0 Å². The van der Waals surface area contributed by atoms with Gasteiger partial charge >= 0.3 is 0 Å². The highest BCUT2D eigenvalue weighted by molar-refractivity contribution is 5.66. The zero-order valence-electron chi connectivity index (χ0n) is 15.2. The molecular formula is C21H24N4O. The zero-order valence-corrected chi connectivity index (χ0v) is 15.2. The van der Waals surface area contributed by atoms with Crippen LogP contribution in [-0.4, -0.2) is 30.2 Å². The molecule has 5 heteroatoms. The Bertz CT molecular complexity index is 836. The van der Waals surface area contributed by atoms with Crippen molar-refractivity contribution >= 4 is 17.3 Å². The zero-order chi connectivity index (χ0) is 18.2. The van der Waals surface area contributed by atoms with Crippen LogP contribution in [0, 0.1) is 0 Å². The molecule has 0 spiro atoms. The molecule has 2 N–H and O–H groups in total. The van der Waals surface area contributed by atoms with Crippen LogP contribution in [0.15, 0.2) is 60.7 Å². The lowest BCUT2D eigenvalue weighted by molar-refractivity contribution is 0.210. The molecule has 26 heavy (non-hydrogen) atoms. The average Bonchev–Trinajstić information content (AvgIpc) is 2.69. The topological polar surface area (TPSA) is 59.1 Å². The molecule has 0 unspecified atom stereocenters. The van der Waals surface area contributed by atoms with E-state index in [1.165, 1.54) is 5.56 Å². The van der Waals surface area contributed by atoms with Gasteiger partial charge in [-0.1, -0.05) is 55.5 Å². The summed E-state index contributed by atoms with van der Waals surface area (Å²) in [6.07, 6.45) is 0.957. The van der Waals surface area contributed by atoms with Gasteiger partial charge in [0.15, 0.2) is 5.82 Å². The van der Waals surface area contributed by atoms with E-state index in [2.05, 4.69) is 40.7 Å². The van der Waals surface area contributed by atoms with Crippen LogP contribution in [0.2, 0.25) is 0 Å². The molecule has 0 aliphatic rings. The number of aryl methyl sites for hydroxylation is 1. The fraction of sp³-hybridized carbons (Fsp3) is 0.238. The molecule has 1 heterocycles. The van der Waals surface area contributed by atoms with E-state index in [-0.39, 0.29) is 0 Å². The maximum Gasteiger partial charge on any atom is 0.163 e. The maximum atomic E-state index is 5.11. The second-order valence-electron chi connectivity index (χ2n) is 5.88. The summed E-state index contributed by atoms with van der Waals surface area (Å²) in [5, 5.41) is 6.74. The van der Waals surface area contributed by atoms with Crippen molar-refractivity contribution < 1.29 is 4.74 Å². The Hall–Kier alpha value is -2.92. The van der Waals surface area contributed by atoms with Crippen molar-refractivity contribution in [3.63, 3.8) is 0 Å². The van der Waals surface area contributed by atoms with Crippen LogP contribution >= 0.6 is 0 Å². The molecule has 0 radical (unpaired) electrons. The van der Waals surface area contributed by atoms with Gasteiger partial charge in [-0.05, 0) is 18.1 Å². The summed E-state index contributed by atoms with van der Waals surface area (Å²) in [6, 6.07) is 20.2. The summed E-state index contributed by atoms with van der Waals surface area (Å²) < 4.78 is 5.11. The molecule has 3 aromatic rings. The summed E-state index contributed by atoms with van der Waals surface area (Å²) in [4.78, 5) is 9.35. The van der Waals surface area contributed by atoms with Crippen LogP contribution in [0.5, 0.6) is 0 Å². The number of hydrogen-bond donors (Lipinski definition) is 2. The predicted octanol–water partition coefficient (Wildman–Crippen LogP) is 4.51. The fourth-order valence-corrected chi connectivity index (χ4v) is 2.69. The van der Waals surface area contributed by atoms with Crippen molar-refractivity contribution in [3.8, 4) is 11.4 Å². The number of anilines is 3. The maximum absolute atomic E-state index is 5.11. The van der Waals surface area contributed by atoms with Gasteiger partial charge in [-0.15, -0.1) is 0 Å². The SMILES string of the molecule is CCc1ccccc1Nc1cc(NCCOC)nc(-c2ccccc2)n1. The lowest BCUT2D eigenvalue weighted by atomic mass is 10.1.